The van der Waals surface area contributed by atoms with Gasteiger partial charge in [-0.3, -0.25) is 4.79 Å². The predicted molar refractivity (Wildman–Crippen MR) is 80.4 cm³/mol. The van der Waals surface area contributed by atoms with Crippen molar-refractivity contribution in [1.29, 1.82) is 0 Å². The number of hydrogen-bond acceptors (Lipinski definition) is 4. The number of rotatable bonds is 6. The third kappa shape index (κ3) is 4.55. The monoisotopic (exact) mass is 335 g/mol. The van der Waals surface area contributed by atoms with Crippen LogP contribution in [0.1, 0.15) is 5.69 Å². The topological polar surface area (TPSA) is 77.2 Å². The summed E-state index contributed by atoms with van der Waals surface area (Å²) in [7, 11) is 0. The third-order valence-electron chi connectivity index (χ3n) is 2.48. The van der Waals surface area contributed by atoms with Gasteiger partial charge in [-0.25, -0.2) is 4.98 Å². The standard InChI is InChI=1S/C14H14BrN3O2/c15-13-3-1-2-11(18-13)8-17-10-4-6-12(7-5-10)20-9-14(16)19/h1-7,17H,8-9H2,(H2,16,19). The van der Waals surface area contributed by atoms with Gasteiger partial charge in [0.05, 0.1) is 12.2 Å². The first-order valence-electron chi connectivity index (χ1n) is 6.00. The van der Waals surface area contributed by atoms with E-state index in [0.717, 1.165) is 16.0 Å². The Morgan fingerprint density at radius 3 is 2.65 bits per heavy atom. The Kier molecular flexibility index (Phi) is 4.95. The Balaban J connectivity index is 1.89. The molecule has 0 saturated carbocycles. The van der Waals surface area contributed by atoms with Gasteiger partial charge in [-0.1, -0.05) is 6.07 Å². The van der Waals surface area contributed by atoms with Crippen LogP contribution in [-0.2, 0) is 11.3 Å². The quantitative estimate of drug-likeness (QED) is 0.794. The van der Waals surface area contributed by atoms with Crippen molar-refractivity contribution in [3.05, 3.63) is 52.8 Å². The van der Waals surface area contributed by atoms with E-state index in [1.54, 1.807) is 12.1 Å². The van der Waals surface area contributed by atoms with E-state index < -0.39 is 5.91 Å². The first kappa shape index (κ1) is 14.3. The van der Waals surface area contributed by atoms with Crippen LogP contribution < -0.4 is 15.8 Å². The Morgan fingerprint density at radius 2 is 2.00 bits per heavy atom. The van der Waals surface area contributed by atoms with Gasteiger partial charge in [0.15, 0.2) is 6.61 Å². The number of anilines is 1. The van der Waals surface area contributed by atoms with Crippen LogP contribution in [0.25, 0.3) is 0 Å². The van der Waals surface area contributed by atoms with Crippen molar-refractivity contribution in [1.82, 2.24) is 4.98 Å². The summed E-state index contributed by atoms with van der Waals surface area (Å²) in [4.78, 5) is 14.9. The van der Waals surface area contributed by atoms with Crippen molar-refractivity contribution in [2.75, 3.05) is 11.9 Å². The molecule has 1 amide bonds. The summed E-state index contributed by atoms with van der Waals surface area (Å²) in [5, 5.41) is 3.25. The predicted octanol–water partition coefficient (Wildman–Crippen LogP) is 2.32. The molecule has 6 heteroatoms. The molecular weight excluding hydrogens is 322 g/mol. The molecule has 1 heterocycles. The van der Waals surface area contributed by atoms with Gasteiger partial charge in [-0.15, -0.1) is 0 Å². The van der Waals surface area contributed by atoms with Crippen molar-refractivity contribution in [3.63, 3.8) is 0 Å². The first-order chi connectivity index (χ1) is 9.63. The van der Waals surface area contributed by atoms with Crippen LogP contribution in [-0.4, -0.2) is 17.5 Å². The largest absolute Gasteiger partial charge is 0.484 e. The molecule has 0 saturated heterocycles. The van der Waals surface area contributed by atoms with E-state index in [4.69, 9.17) is 10.5 Å². The number of aromatic nitrogens is 1. The molecule has 1 aromatic heterocycles. The van der Waals surface area contributed by atoms with Crippen molar-refractivity contribution in [3.8, 4) is 5.75 Å². The number of carbonyl (C=O) groups excluding carboxylic acids is 1. The summed E-state index contributed by atoms with van der Waals surface area (Å²) in [5.41, 5.74) is 6.89. The average molecular weight is 336 g/mol. The SMILES string of the molecule is NC(=O)COc1ccc(NCc2cccc(Br)n2)cc1. The maximum atomic E-state index is 10.6. The van der Waals surface area contributed by atoms with Crippen LogP contribution in [0.5, 0.6) is 5.75 Å². The molecule has 1 aromatic carbocycles. The summed E-state index contributed by atoms with van der Waals surface area (Å²) >= 11 is 3.33. The lowest BCUT2D eigenvalue weighted by atomic mass is 10.3. The molecular formula is C14H14BrN3O2. The van der Waals surface area contributed by atoms with E-state index in [0.29, 0.717) is 12.3 Å². The highest BCUT2D eigenvalue weighted by molar-refractivity contribution is 9.10. The number of nitrogens with one attached hydrogen (secondary N) is 1. The molecule has 20 heavy (non-hydrogen) atoms. The fraction of sp³-hybridized carbons (Fsp3) is 0.143. The van der Waals surface area contributed by atoms with Gasteiger partial charge >= 0.3 is 0 Å². The molecule has 104 valence electrons. The summed E-state index contributed by atoms with van der Waals surface area (Å²) < 4.78 is 5.99. The molecule has 0 radical (unpaired) electrons. The number of nitrogens with zero attached hydrogens (tertiary/aromatic N) is 1. The molecule has 0 aliphatic heterocycles. The molecule has 2 rings (SSSR count). The lowest BCUT2D eigenvalue weighted by Crippen LogP contribution is -2.19. The summed E-state index contributed by atoms with van der Waals surface area (Å²) in [6.45, 7) is 0.510. The van der Waals surface area contributed by atoms with Gasteiger partial charge in [0.2, 0.25) is 0 Å². The van der Waals surface area contributed by atoms with Gasteiger partial charge in [-0.05, 0) is 52.3 Å². The van der Waals surface area contributed by atoms with E-state index >= 15 is 0 Å². The maximum Gasteiger partial charge on any atom is 0.255 e. The summed E-state index contributed by atoms with van der Waals surface area (Å²) in [6.07, 6.45) is 0. The normalized spacial score (nSPS) is 10.1. The second-order valence-electron chi connectivity index (χ2n) is 4.08. The molecule has 0 unspecified atom stereocenters. The number of pyridine rings is 1. The van der Waals surface area contributed by atoms with E-state index in [-0.39, 0.29) is 6.61 Å². The molecule has 3 N–H and O–H groups in total. The van der Waals surface area contributed by atoms with Crippen LogP contribution in [0.15, 0.2) is 47.1 Å². The van der Waals surface area contributed by atoms with Crippen LogP contribution in [0.2, 0.25) is 0 Å². The zero-order chi connectivity index (χ0) is 14.4. The summed E-state index contributed by atoms with van der Waals surface area (Å²) in [6, 6.07) is 13.1. The lowest BCUT2D eigenvalue weighted by molar-refractivity contribution is -0.119. The maximum absolute atomic E-state index is 10.6. The fourth-order valence-electron chi connectivity index (χ4n) is 1.56. The lowest BCUT2D eigenvalue weighted by Gasteiger charge is -2.08. The minimum Gasteiger partial charge on any atom is -0.484 e. The number of hydrogen-bond donors (Lipinski definition) is 2. The van der Waals surface area contributed by atoms with Crippen molar-refractivity contribution >= 4 is 27.5 Å². The van der Waals surface area contributed by atoms with Crippen LogP contribution in [0, 0.1) is 0 Å². The van der Waals surface area contributed by atoms with E-state index in [2.05, 4.69) is 26.2 Å². The summed E-state index contributed by atoms with van der Waals surface area (Å²) in [5.74, 6) is 0.114. The van der Waals surface area contributed by atoms with Crippen LogP contribution in [0.4, 0.5) is 5.69 Å². The molecule has 0 atom stereocenters. The van der Waals surface area contributed by atoms with E-state index in [1.807, 2.05) is 30.3 Å². The molecule has 0 fully saturated rings. The first-order valence-corrected chi connectivity index (χ1v) is 6.79. The number of halogens is 1. The van der Waals surface area contributed by atoms with Crippen LogP contribution in [0.3, 0.4) is 0 Å². The number of primary amides is 1. The van der Waals surface area contributed by atoms with Gasteiger partial charge < -0.3 is 15.8 Å². The second-order valence-corrected chi connectivity index (χ2v) is 4.90. The number of ether oxygens (including phenoxy) is 1. The zero-order valence-corrected chi connectivity index (χ0v) is 12.3. The van der Waals surface area contributed by atoms with Crippen LogP contribution >= 0.6 is 15.9 Å². The number of nitrogens with two attached hydrogens (primary N) is 1. The Labute approximate surface area is 125 Å². The molecule has 0 spiro atoms. The average Bonchev–Trinajstić information content (AvgIpc) is 2.44. The number of amides is 1. The Morgan fingerprint density at radius 1 is 1.25 bits per heavy atom. The highest BCUT2D eigenvalue weighted by atomic mass is 79.9. The second kappa shape index (κ2) is 6.91. The number of carbonyl (C=O) groups is 1. The van der Waals surface area contributed by atoms with Gasteiger partial charge in [0.1, 0.15) is 10.4 Å². The smallest absolute Gasteiger partial charge is 0.255 e. The van der Waals surface area contributed by atoms with E-state index in [9.17, 15) is 4.79 Å². The van der Waals surface area contributed by atoms with Gasteiger partial charge in [0, 0.05) is 5.69 Å². The fourth-order valence-corrected chi connectivity index (χ4v) is 1.95. The minimum atomic E-state index is -0.493. The van der Waals surface area contributed by atoms with Crippen molar-refractivity contribution in [2.45, 2.75) is 6.54 Å². The molecule has 0 aliphatic carbocycles. The van der Waals surface area contributed by atoms with Crippen molar-refractivity contribution in [2.24, 2.45) is 5.73 Å². The van der Waals surface area contributed by atoms with Gasteiger partial charge in [0.25, 0.3) is 5.91 Å². The molecule has 2 aromatic rings. The highest BCUT2D eigenvalue weighted by Gasteiger charge is 1.99. The Hall–Kier alpha value is -2.08. The zero-order valence-electron chi connectivity index (χ0n) is 10.7. The minimum absolute atomic E-state index is 0.116. The molecule has 0 aliphatic rings. The Bertz CT molecular complexity index is 587. The number of benzene rings is 1. The highest BCUT2D eigenvalue weighted by Crippen LogP contribution is 2.16. The van der Waals surface area contributed by atoms with Gasteiger partial charge in [-0.2, -0.15) is 0 Å². The van der Waals surface area contributed by atoms with E-state index in [1.165, 1.54) is 0 Å². The molecule has 5 nitrogen and oxygen atoms in total. The molecule has 0 bridgehead atoms. The van der Waals surface area contributed by atoms with Crippen molar-refractivity contribution < 1.29 is 9.53 Å². The third-order valence-corrected chi connectivity index (χ3v) is 2.92.